The predicted octanol–water partition coefficient (Wildman–Crippen LogP) is 0.756. The van der Waals surface area contributed by atoms with E-state index in [4.69, 9.17) is 9.84 Å². The smallest absolute Gasteiger partial charge is 0.333 e. The third-order valence-electron chi connectivity index (χ3n) is 3.14. The molecule has 0 aromatic carbocycles. The summed E-state index contributed by atoms with van der Waals surface area (Å²) in [5, 5.41) is 8.91. The van der Waals surface area contributed by atoms with Crippen molar-refractivity contribution in [3.05, 3.63) is 11.3 Å². The van der Waals surface area contributed by atoms with E-state index in [0.29, 0.717) is 12.2 Å². The second-order valence-corrected chi connectivity index (χ2v) is 4.19. The first-order valence-electron chi connectivity index (χ1n) is 5.44. The van der Waals surface area contributed by atoms with Gasteiger partial charge in [-0.2, -0.15) is 0 Å². The molecule has 1 saturated heterocycles. The molecule has 0 saturated carbocycles. The third kappa shape index (κ3) is 1.95. The Labute approximate surface area is 93.7 Å². The van der Waals surface area contributed by atoms with Crippen LogP contribution < -0.4 is 0 Å². The molecule has 2 aliphatic heterocycles. The topological polar surface area (TPSA) is 66.8 Å². The van der Waals surface area contributed by atoms with Crippen molar-refractivity contribution in [2.24, 2.45) is 0 Å². The van der Waals surface area contributed by atoms with E-state index in [1.54, 1.807) is 11.8 Å². The molecule has 88 valence electrons. The summed E-state index contributed by atoms with van der Waals surface area (Å²) in [6.07, 6.45) is 2.03. The van der Waals surface area contributed by atoms with Crippen LogP contribution >= 0.6 is 0 Å². The number of allylic oxidation sites excluding steroid dienone is 1. The van der Waals surface area contributed by atoms with E-state index in [0.717, 1.165) is 19.4 Å². The van der Waals surface area contributed by atoms with Crippen LogP contribution in [0.4, 0.5) is 0 Å². The lowest BCUT2D eigenvalue weighted by Crippen LogP contribution is -2.32. The van der Waals surface area contributed by atoms with Gasteiger partial charge < -0.3 is 14.7 Å². The molecule has 1 N–H and O–H groups in total. The normalized spacial score (nSPS) is 25.7. The van der Waals surface area contributed by atoms with Crippen LogP contribution in [0.15, 0.2) is 11.3 Å². The van der Waals surface area contributed by atoms with Crippen molar-refractivity contribution >= 4 is 11.9 Å². The van der Waals surface area contributed by atoms with Gasteiger partial charge in [-0.1, -0.05) is 0 Å². The molecule has 2 aliphatic rings. The number of carbonyl (C=O) groups excluding carboxylic acids is 1. The van der Waals surface area contributed by atoms with Crippen molar-refractivity contribution in [3.63, 3.8) is 0 Å². The molecule has 1 atom stereocenters. The minimum absolute atomic E-state index is 0.00782. The van der Waals surface area contributed by atoms with E-state index < -0.39 is 5.97 Å². The zero-order chi connectivity index (χ0) is 11.7. The molecule has 1 amide bonds. The summed E-state index contributed by atoms with van der Waals surface area (Å²) in [4.78, 5) is 24.1. The lowest BCUT2D eigenvalue weighted by molar-refractivity contribution is -0.134. The first-order chi connectivity index (χ1) is 7.59. The van der Waals surface area contributed by atoms with E-state index in [-0.39, 0.29) is 24.0 Å². The van der Waals surface area contributed by atoms with Gasteiger partial charge in [0.05, 0.1) is 24.6 Å². The summed E-state index contributed by atoms with van der Waals surface area (Å²) in [5.41, 5.74) is 0.774. The zero-order valence-electron chi connectivity index (χ0n) is 9.23. The molecule has 0 aliphatic carbocycles. The quantitative estimate of drug-likeness (QED) is 0.769. The van der Waals surface area contributed by atoms with E-state index in [1.807, 2.05) is 0 Å². The van der Waals surface area contributed by atoms with Gasteiger partial charge in [-0.05, 0) is 19.8 Å². The molecule has 5 nitrogen and oxygen atoms in total. The fourth-order valence-corrected chi connectivity index (χ4v) is 2.19. The lowest BCUT2D eigenvalue weighted by Gasteiger charge is -2.21. The summed E-state index contributed by atoms with van der Waals surface area (Å²) in [7, 11) is 0. The molecule has 0 radical (unpaired) electrons. The van der Waals surface area contributed by atoms with Crippen molar-refractivity contribution in [2.75, 3.05) is 13.2 Å². The van der Waals surface area contributed by atoms with Crippen LogP contribution in [-0.4, -0.2) is 41.1 Å². The maximum absolute atomic E-state index is 11.7. The Morgan fingerprint density at radius 1 is 1.62 bits per heavy atom. The van der Waals surface area contributed by atoms with Crippen LogP contribution in [-0.2, 0) is 14.3 Å². The largest absolute Gasteiger partial charge is 0.478 e. The van der Waals surface area contributed by atoms with Crippen LogP contribution in [0.25, 0.3) is 0 Å². The fraction of sp³-hybridized carbons (Fsp3) is 0.636. The van der Waals surface area contributed by atoms with Crippen LogP contribution in [0.5, 0.6) is 0 Å². The van der Waals surface area contributed by atoms with Crippen molar-refractivity contribution in [1.82, 2.24) is 4.90 Å². The van der Waals surface area contributed by atoms with Crippen LogP contribution in [0.2, 0.25) is 0 Å². The minimum atomic E-state index is -0.999. The number of carboxylic acid groups (broad SMARTS) is 1. The lowest BCUT2D eigenvalue weighted by atomic mass is 10.2. The highest BCUT2D eigenvalue weighted by Gasteiger charge is 2.33. The van der Waals surface area contributed by atoms with Gasteiger partial charge >= 0.3 is 5.97 Å². The number of ether oxygens (including phenoxy) is 1. The highest BCUT2D eigenvalue weighted by atomic mass is 16.5. The highest BCUT2D eigenvalue weighted by Crippen LogP contribution is 2.26. The molecule has 0 spiro atoms. The molecule has 16 heavy (non-hydrogen) atoms. The van der Waals surface area contributed by atoms with E-state index in [2.05, 4.69) is 0 Å². The minimum Gasteiger partial charge on any atom is -0.478 e. The number of amides is 1. The number of aliphatic carboxylic acids is 1. The van der Waals surface area contributed by atoms with Crippen molar-refractivity contribution in [3.8, 4) is 0 Å². The van der Waals surface area contributed by atoms with Crippen molar-refractivity contribution < 1.29 is 19.4 Å². The molecular formula is C11H15NO4. The molecule has 5 heteroatoms. The van der Waals surface area contributed by atoms with Gasteiger partial charge in [-0.15, -0.1) is 0 Å². The Morgan fingerprint density at radius 2 is 2.38 bits per heavy atom. The van der Waals surface area contributed by atoms with Gasteiger partial charge in [0.25, 0.3) is 0 Å². The fourth-order valence-electron chi connectivity index (χ4n) is 2.19. The first kappa shape index (κ1) is 11.1. The molecule has 0 bridgehead atoms. The van der Waals surface area contributed by atoms with E-state index in [9.17, 15) is 9.59 Å². The summed E-state index contributed by atoms with van der Waals surface area (Å²) >= 11 is 0. The first-order valence-corrected chi connectivity index (χ1v) is 5.44. The molecule has 1 fully saturated rings. The van der Waals surface area contributed by atoms with Gasteiger partial charge in [0.15, 0.2) is 0 Å². The summed E-state index contributed by atoms with van der Waals surface area (Å²) < 4.78 is 5.44. The summed E-state index contributed by atoms with van der Waals surface area (Å²) in [5.74, 6) is -1.13. The Hall–Kier alpha value is -1.36. The van der Waals surface area contributed by atoms with Gasteiger partial charge in [0.1, 0.15) is 0 Å². The monoisotopic (exact) mass is 225 g/mol. The number of nitrogens with zero attached hydrogens (tertiary/aromatic N) is 1. The van der Waals surface area contributed by atoms with E-state index in [1.165, 1.54) is 0 Å². The number of carboxylic acids is 1. The second-order valence-electron chi connectivity index (χ2n) is 4.19. The number of hydrogen-bond acceptors (Lipinski definition) is 3. The Kier molecular flexibility index (Phi) is 2.96. The zero-order valence-corrected chi connectivity index (χ0v) is 9.23. The highest BCUT2D eigenvalue weighted by molar-refractivity contribution is 5.99. The van der Waals surface area contributed by atoms with Crippen LogP contribution in [0.3, 0.4) is 0 Å². The second kappa shape index (κ2) is 4.25. The summed E-state index contributed by atoms with van der Waals surface area (Å²) in [6, 6.07) is 0. The average Bonchev–Trinajstić information content (AvgIpc) is 2.81. The number of rotatable bonds is 3. The molecule has 2 heterocycles. The van der Waals surface area contributed by atoms with Crippen molar-refractivity contribution in [2.45, 2.75) is 32.3 Å². The standard InChI is InChI=1S/C11H15NO4/c1-7-9(11(14)15)5-10(13)12(7)6-8-3-2-4-16-8/h8H,2-6H2,1H3,(H,14,15). The van der Waals surface area contributed by atoms with Gasteiger partial charge in [-0.25, -0.2) is 4.79 Å². The van der Waals surface area contributed by atoms with Gasteiger partial charge in [0, 0.05) is 12.3 Å². The maximum Gasteiger partial charge on any atom is 0.333 e. The number of hydrogen-bond donors (Lipinski definition) is 1. The molecule has 2 rings (SSSR count). The third-order valence-corrected chi connectivity index (χ3v) is 3.14. The van der Waals surface area contributed by atoms with Gasteiger partial charge in [0.2, 0.25) is 5.91 Å². The van der Waals surface area contributed by atoms with E-state index >= 15 is 0 Å². The predicted molar refractivity (Wildman–Crippen MR) is 55.6 cm³/mol. The SMILES string of the molecule is CC1=C(C(=O)O)CC(=O)N1CC1CCCO1. The van der Waals surface area contributed by atoms with Crippen LogP contribution in [0.1, 0.15) is 26.2 Å². The Morgan fingerprint density at radius 3 is 2.88 bits per heavy atom. The average molecular weight is 225 g/mol. The van der Waals surface area contributed by atoms with Crippen LogP contribution in [0, 0.1) is 0 Å². The molecular weight excluding hydrogens is 210 g/mol. The molecule has 0 aromatic rings. The van der Waals surface area contributed by atoms with Gasteiger partial charge in [-0.3, -0.25) is 4.79 Å². The number of carbonyl (C=O) groups is 2. The molecule has 0 aromatic heterocycles. The molecule has 1 unspecified atom stereocenters. The van der Waals surface area contributed by atoms with Crippen molar-refractivity contribution in [1.29, 1.82) is 0 Å². The maximum atomic E-state index is 11.7. The summed E-state index contributed by atoms with van der Waals surface area (Å²) in [6.45, 7) is 2.91. The Balaban J connectivity index is 2.08. The Bertz CT molecular complexity index is 355.